The number of unbranched alkanes of at least 4 members (excludes halogenated alkanes) is 12. The molecule has 0 aliphatic heterocycles. The Labute approximate surface area is 224 Å². The lowest BCUT2D eigenvalue weighted by Crippen LogP contribution is -2.47. The minimum Gasteiger partial charge on any atom is -0.774 e. The summed E-state index contributed by atoms with van der Waals surface area (Å²) < 4.78 is 29.6. The molecule has 3 atom stereocenters. The third-order valence-electron chi connectivity index (χ3n) is 6.68. The number of rotatable bonds is 26. The number of ether oxygens (including phenoxy) is 2. The first-order chi connectivity index (χ1) is 17.2. The molecule has 6 nitrogen and oxygen atoms in total. The number of allylic oxidation sites excluding steroid dienone is 2. The van der Waals surface area contributed by atoms with Crippen LogP contribution in [-0.4, -0.2) is 64.4 Å². The minimum atomic E-state index is -4.00. The van der Waals surface area contributed by atoms with Crippen molar-refractivity contribution < 1.29 is 27.9 Å². The fraction of sp³-hybridized carbons (Fsp3) is 0.931. The van der Waals surface area contributed by atoms with Crippen LogP contribution in [0.3, 0.4) is 0 Å². The lowest BCUT2D eigenvalue weighted by Gasteiger charge is -2.41. The Morgan fingerprint density at radius 2 is 1.31 bits per heavy atom. The summed E-state index contributed by atoms with van der Waals surface area (Å²) in [5, 5.41) is 0. The van der Waals surface area contributed by atoms with Gasteiger partial charge in [0.1, 0.15) is 6.10 Å². The van der Waals surface area contributed by atoms with Crippen LogP contribution in [0.1, 0.15) is 117 Å². The average Bonchev–Trinajstić information content (AvgIpc) is 2.82. The molecule has 2 unspecified atom stereocenters. The van der Waals surface area contributed by atoms with Gasteiger partial charge in [-0.05, 0) is 38.5 Å². The standard InChI is InChI=1S/C29H60NO5P/c1-7-9-10-11-12-13-14-15-16-17-18-19-20-21-22-23-25-34-26-28(33-6)27-35-36(31,32)29(24-8-2)30(3,4)5/h12-13,28-29H,7-11,14-27H2,1-6H3/b13-12-/t28-,29?/m1/s1. The van der Waals surface area contributed by atoms with Crippen LogP contribution in [0.5, 0.6) is 0 Å². The van der Waals surface area contributed by atoms with Crippen LogP contribution in [0.15, 0.2) is 12.2 Å². The van der Waals surface area contributed by atoms with E-state index in [1.165, 1.54) is 83.5 Å². The van der Waals surface area contributed by atoms with Gasteiger partial charge in [0.2, 0.25) is 0 Å². The summed E-state index contributed by atoms with van der Waals surface area (Å²) >= 11 is 0. The highest BCUT2D eigenvalue weighted by Gasteiger charge is 2.35. The maximum absolute atomic E-state index is 12.7. The van der Waals surface area contributed by atoms with E-state index >= 15 is 0 Å². The summed E-state index contributed by atoms with van der Waals surface area (Å²) in [6, 6.07) is 0. The van der Waals surface area contributed by atoms with Crippen molar-refractivity contribution in [3.8, 4) is 0 Å². The third kappa shape index (κ3) is 19.8. The van der Waals surface area contributed by atoms with E-state index in [0.29, 0.717) is 24.1 Å². The SMILES string of the molecule is CCCCC/C=C\CCCCCCCCCCCOC[C@H](COP(=O)([O-])C(CCC)[N+](C)(C)C)OC. The van der Waals surface area contributed by atoms with Gasteiger partial charge in [0, 0.05) is 20.1 Å². The fourth-order valence-electron chi connectivity index (χ4n) is 4.35. The number of hydrogen-bond acceptors (Lipinski definition) is 5. The van der Waals surface area contributed by atoms with Crippen LogP contribution in [0, 0.1) is 0 Å². The van der Waals surface area contributed by atoms with Crippen molar-refractivity contribution >= 4 is 7.60 Å². The predicted molar refractivity (Wildman–Crippen MR) is 151 cm³/mol. The molecule has 0 aliphatic carbocycles. The molecule has 0 saturated heterocycles. The zero-order valence-corrected chi connectivity index (χ0v) is 25.6. The van der Waals surface area contributed by atoms with Crippen LogP contribution >= 0.6 is 7.60 Å². The molecular formula is C29H60NO5P. The number of hydrogen-bond donors (Lipinski definition) is 0. The van der Waals surface area contributed by atoms with E-state index in [1.807, 2.05) is 28.1 Å². The highest BCUT2D eigenvalue weighted by Crippen LogP contribution is 2.48. The number of methoxy groups -OCH3 is 1. The molecule has 0 N–H and O–H groups in total. The van der Waals surface area contributed by atoms with E-state index in [1.54, 1.807) is 7.11 Å². The van der Waals surface area contributed by atoms with Gasteiger partial charge in [-0.15, -0.1) is 0 Å². The minimum absolute atomic E-state index is 0.00668. The molecule has 0 aromatic rings. The molecule has 0 aromatic carbocycles. The monoisotopic (exact) mass is 533 g/mol. The predicted octanol–water partition coefficient (Wildman–Crippen LogP) is 7.46. The van der Waals surface area contributed by atoms with Gasteiger partial charge in [-0.25, -0.2) is 0 Å². The van der Waals surface area contributed by atoms with Gasteiger partial charge < -0.3 is 27.9 Å². The first kappa shape index (κ1) is 35.8. The summed E-state index contributed by atoms with van der Waals surface area (Å²) in [4.78, 5) is 12.7. The van der Waals surface area contributed by atoms with Gasteiger partial charge in [0.05, 0.1) is 34.4 Å². The molecule has 0 radical (unpaired) electrons. The molecule has 7 heteroatoms. The van der Waals surface area contributed by atoms with Gasteiger partial charge in [-0.2, -0.15) is 0 Å². The highest BCUT2D eigenvalue weighted by molar-refractivity contribution is 7.51. The van der Waals surface area contributed by atoms with Gasteiger partial charge in [0.25, 0.3) is 0 Å². The molecule has 0 spiro atoms. The Morgan fingerprint density at radius 1 is 0.778 bits per heavy atom. The normalized spacial score (nSPS) is 15.9. The van der Waals surface area contributed by atoms with E-state index in [2.05, 4.69) is 19.1 Å². The molecule has 0 heterocycles. The maximum atomic E-state index is 12.7. The van der Waals surface area contributed by atoms with Crippen molar-refractivity contribution in [2.24, 2.45) is 0 Å². The number of nitrogens with zero attached hydrogens (tertiary/aromatic N) is 1. The van der Waals surface area contributed by atoms with Crippen LogP contribution in [0.2, 0.25) is 0 Å². The van der Waals surface area contributed by atoms with E-state index in [9.17, 15) is 9.46 Å². The molecule has 0 aliphatic rings. The maximum Gasteiger partial charge on any atom is 0.193 e. The van der Waals surface area contributed by atoms with Crippen molar-refractivity contribution in [3.05, 3.63) is 12.2 Å². The van der Waals surface area contributed by atoms with E-state index in [-0.39, 0.29) is 12.7 Å². The third-order valence-corrected chi connectivity index (χ3v) is 8.87. The van der Waals surface area contributed by atoms with Crippen molar-refractivity contribution in [1.29, 1.82) is 0 Å². The summed E-state index contributed by atoms with van der Waals surface area (Å²) in [7, 11) is 3.24. The van der Waals surface area contributed by atoms with Crippen molar-refractivity contribution in [2.75, 3.05) is 48.1 Å². The van der Waals surface area contributed by atoms with Gasteiger partial charge in [-0.1, -0.05) is 83.8 Å². The number of quaternary nitrogens is 1. The summed E-state index contributed by atoms with van der Waals surface area (Å²) in [5.41, 5.74) is 0. The van der Waals surface area contributed by atoms with Crippen LogP contribution in [0.25, 0.3) is 0 Å². The summed E-state index contributed by atoms with van der Waals surface area (Å²) in [5.74, 6) is -0.553. The zero-order valence-electron chi connectivity index (χ0n) is 24.7. The lowest BCUT2D eigenvalue weighted by atomic mass is 10.1. The van der Waals surface area contributed by atoms with Gasteiger partial charge >= 0.3 is 0 Å². The van der Waals surface area contributed by atoms with Crippen LogP contribution in [-0.2, 0) is 18.6 Å². The van der Waals surface area contributed by atoms with E-state index < -0.39 is 13.4 Å². The molecule has 0 bridgehead atoms. The van der Waals surface area contributed by atoms with Crippen LogP contribution < -0.4 is 4.89 Å². The molecule has 0 aromatic heterocycles. The van der Waals surface area contributed by atoms with Crippen LogP contribution in [0.4, 0.5) is 0 Å². The molecular weight excluding hydrogens is 473 g/mol. The smallest absolute Gasteiger partial charge is 0.193 e. The first-order valence-corrected chi connectivity index (χ1v) is 16.3. The Hall–Kier alpha value is -0.230. The largest absolute Gasteiger partial charge is 0.774 e. The molecule has 0 saturated carbocycles. The second-order valence-corrected chi connectivity index (χ2v) is 13.0. The zero-order chi connectivity index (χ0) is 27.1. The summed E-state index contributed by atoms with van der Waals surface area (Å²) in [6.07, 6.45) is 23.7. The first-order valence-electron chi connectivity index (χ1n) is 14.7. The molecule has 0 fully saturated rings. The highest BCUT2D eigenvalue weighted by atomic mass is 31.2. The second-order valence-electron chi connectivity index (χ2n) is 11.1. The Bertz CT molecular complexity index is 564. The topological polar surface area (TPSA) is 67.8 Å². The van der Waals surface area contributed by atoms with Crippen molar-refractivity contribution in [2.45, 2.75) is 128 Å². The van der Waals surface area contributed by atoms with Crippen molar-refractivity contribution in [3.63, 3.8) is 0 Å². The Morgan fingerprint density at radius 3 is 1.81 bits per heavy atom. The summed E-state index contributed by atoms with van der Waals surface area (Å²) in [6.45, 7) is 5.29. The van der Waals surface area contributed by atoms with Crippen molar-refractivity contribution in [1.82, 2.24) is 0 Å². The lowest BCUT2D eigenvalue weighted by molar-refractivity contribution is -0.884. The average molecular weight is 534 g/mol. The molecule has 36 heavy (non-hydrogen) atoms. The Balaban J connectivity index is 3.73. The second kappa shape index (κ2) is 22.7. The fourth-order valence-corrected chi connectivity index (χ4v) is 6.32. The Kier molecular flexibility index (Phi) is 22.6. The molecule has 216 valence electrons. The quantitative estimate of drug-likeness (QED) is 0.0500. The molecule has 0 amide bonds. The van der Waals surface area contributed by atoms with E-state index in [0.717, 1.165) is 12.8 Å². The van der Waals surface area contributed by atoms with E-state index in [4.69, 9.17) is 14.0 Å². The molecule has 0 rings (SSSR count). The van der Waals surface area contributed by atoms with Gasteiger partial charge in [-0.3, -0.25) is 0 Å². The van der Waals surface area contributed by atoms with Gasteiger partial charge in [0.15, 0.2) is 13.4 Å².